The number of carbonyl (C=O) groups excluding carboxylic acids is 1. The molecule has 1 heterocycles. The zero-order valence-corrected chi connectivity index (χ0v) is 10.9. The Morgan fingerprint density at radius 3 is 2.89 bits per heavy atom. The molecule has 2 rings (SSSR count). The third-order valence-corrected chi connectivity index (χ3v) is 3.51. The summed E-state index contributed by atoms with van der Waals surface area (Å²) < 4.78 is 0. The molecule has 1 fully saturated rings. The number of hydrogen-bond acceptors (Lipinski definition) is 3. The molecular weight excluding hydrogens is 226 g/mol. The molecule has 2 unspecified atom stereocenters. The molecule has 1 aromatic rings. The average Bonchev–Trinajstić information content (AvgIpc) is 2.55. The summed E-state index contributed by atoms with van der Waals surface area (Å²) in [7, 11) is 0. The lowest BCUT2D eigenvalue weighted by Crippen LogP contribution is -2.47. The lowest BCUT2D eigenvalue weighted by molar-refractivity contribution is 0.0923. The van der Waals surface area contributed by atoms with Crippen LogP contribution in [0.5, 0.6) is 0 Å². The van der Waals surface area contributed by atoms with Gasteiger partial charge in [-0.3, -0.25) is 4.79 Å². The fraction of sp³-hybridized carbons (Fsp3) is 0.571. The smallest absolute Gasteiger partial charge is 0.270 e. The van der Waals surface area contributed by atoms with Crippen molar-refractivity contribution in [3.8, 4) is 0 Å². The molecule has 4 heteroatoms. The van der Waals surface area contributed by atoms with E-state index in [0.29, 0.717) is 5.69 Å². The van der Waals surface area contributed by atoms with Crippen LogP contribution in [0.15, 0.2) is 18.2 Å². The number of carbonyl (C=O) groups is 1. The van der Waals surface area contributed by atoms with Gasteiger partial charge in [-0.2, -0.15) is 0 Å². The third kappa shape index (κ3) is 3.29. The van der Waals surface area contributed by atoms with Crippen LogP contribution in [0.1, 0.15) is 48.3 Å². The molecule has 1 aliphatic carbocycles. The predicted molar refractivity (Wildman–Crippen MR) is 71.3 cm³/mol. The van der Waals surface area contributed by atoms with Crippen LogP contribution in [-0.4, -0.2) is 23.0 Å². The molecule has 0 bridgehead atoms. The second kappa shape index (κ2) is 5.96. The normalized spacial score (nSPS) is 24.3. The summed E-state index contributed by atoms with van der Waals surface area (Å²) in [4.78, 5) is 16.3. The maximum atomic E-state index is 12.1. The van der Waals surface area contributed by atoms with E-state index in [1.54, 1.807) is 6.07 Å². The van der Waals surface area contributed by atoms with Gasteiger partial charge in [0.15, 0.2) is 0 Å². The molecule has 0 aromatic carbocycles. The van der Waals surface area contributed by atoms with Crippen LogP contribution < -0.4 is 11.1 Å². The van der Waals surface area contributed by atoms with Crippen molar-refractivity contribution in [2.24, 2.45) is 5.73 Å². The van der Waals surface area contributed by atoms with Gasteiger partial charge in [-0.1, -0.05) is 25.3 Å². The molecule has 4 nitrogen and oxygen atoms in total. The molecule has 1 amide bonds. The summed E-state index contributed by atoms with van der Waals surface area (Å²) in [6.07, 6.45) is 5.48. The Balaban J connectivity index is 2.01. The molecule has 0 radical (unpaired) electrons. The van der Waals surface area contributed by atoms with Crippen LogP contribution in [0.2, 0.25) is 0 Å². The molecule has 1 saturated carbocycles. The van der Waals surface area contributed by atoms with Gasteiger partial charge in [0.25, 0.3) is 5.91 Å². The molecular formula is C14H21N3O. The first kappa shape index (κ1) is 13.0. The molecule has 0 spiro atoms. The summed E-state index contributed by atoms with van der Waals surface area (Å²) in [6, 6.07) is 5.63. The Morgan fingerprint density at radius 1 is 1.33 bits per heavy atom. The minimum absolute atomic E-state index is 0.0706. The van der Waals surface area contributed by atoms with Gasteiger partial charge in [0.2, 0.25) is 0 Å². The standard InChI is InChI=1S/C14H21N3O/c1-10-6-5-9-13(16-10)14(18)17-12-8-4-2-3-7-11(12)15/h5-6,9,11-12H,2-4,7-8,15H2,1H3,(H,17,18). The second-order valence-corrected chi connectivity index (χ2v) is 5.05. The molecule has 98 valence electrons. The van der Waals surface area contributed by atoms with Crippen LogP contribution in [0, 0.1) is 6.92 Å². The van der Waals surface area contributed by atoms with Gasteiger partial charge in [0.1, 0.15) is 5.69 Å². The van der Waals surface area contributed by atoms with E-state index < -0.39 is 0 Å². The van der Waals surface area contributed by atoms with E-state index in [1.165, 1.54) is 6.42 Å². The van der Waals surface area contributed by atoms with E-state index in [0.717, 1.165) is 31.4 Å². The van der Waals surface area contributed by atoms with Gasteiger partial charge in [0, 0.05) is 17.8 Å². The van der Waals surface area contributed by atoms with E-state index >= 15 is 0 Å². The van der Waals surface area contributed by atoms with Crippen LogP contribution in [-0.2, 0) is 0 Å². The van der Waals surface area contributed by atoms with Crippen LogP contribution >= 0.6 is 0 Å². The molecule has 1 aromatic heterocycles. The quantitative estimate of drug-likeness (QED) is 0.783. The van der Waals surface area contributed by atoms with E-state index in [-0.39, 0.29) is 18.0 Å². The number of amides is 1. The van der Waals surface area contributed by atoms with Crippen LogP contribution in [0.25, 0.3) is 0 Å². The van der Waals surface area contributed by atoms with E-state index in [4.69, 9.17) is 5.73 Å². The monoisotopic (exact) mass is 247 g/mol. The average molecular weight is 247 g/mol. The van der Waals surface area contributed by atoms with E-state index in [1.807, 2.05) is 19.1 Å². The topological polar surface area (TPSA) is 68.0 Å². The first-order valence-electron chi connectivity index (χ1n) is 6.67. The number of aromatic nitrogens is 1. The maximum Gasteiger partial charge on any atom is 0.270 e. The Morgan fingerprint density at radius 2 is 2.11 bits per heavy atom. The Labute approximate surface area is 108 Å². The van der Waals surface area contributed by atoms with Gasteiger partial charge < -0.3 is 11.1 Å². The molecule has 1 aliphatic rings. The number of nitrogens with two attached hydrogens (primary N) is 1. The second-order valence-electron chi connectivity index (χ2n) is 5.05. The summed E-state index contributed by atoms with van der Waals surface area (Å²) in [5.74, 6) is -0.110. The number of hydrogen-bond donors (Lipinski definition) is 2. The van der Waals surface area contributed by atoms with Crippen molar-refractivity contribution in [3.05, 3.63) is 29.6 Å². The summed E-state index contributed by atoms with van der Waals surface area (Å²) in [5.41, 5.74) is 7.43. The van der Waals surface area contributed by atoms with Crippen molar-refractivity contribution >= 4 is 5.91 Å². The number of rotatable bonds is 2. The van der Waals surface area contributed by atoms with Gasteiger partial charge in [-0.15, -0.1) is 0 Å². The summed E-state index contributed by atoms with van der Waals surface area (Å²) in [5, 5.41) is 3.03. The first-order valence-corrected chi connectivity index (χ1v) is 6.67. The van der Waals surface area contributed by atoms with Crippen molar-refractivity contribution < 1.29 is 4.79 Å². The first-order chi connectivity index (χ1) is 8.66. The SMILES string of the molecule is Cc1cccc(C(=O)NC2CCCCCC2N)n1. The highest BCUT2D eigenvalue weighted by molar-refractivity contribution is 5.92. The van der Waals surface area contributed by atoms with Crippen LogP contribution in [0.4, 0.5) is 0 Å². The largest absolute Gasteiger partial charge is 0.346 e. The number of aryl methyl sites for hydroxylation is 1. The molecule has 18 heavy (non-hydrogen) atoms. The fourth-order valence-electron chi connectivity index (χ4n) is 2.43. The Bertz CT molecular complexity index is 419. The highest BCUT2D eigenvalue weighted by atomic mass is 16.1. The molecule has 3 N–H and O–H groups in total. The predicted octanol–water partition coefficient (Wildman–Crippen LogP) is 1.78. The van der Waals surface area contributed by atoms with Gasteiger partial charge in [-0.25, -0.2) is 4.98 Å². The van der Waals surface area contributed by atoms with Crippen molar-refractivity contribution in [2.75, 3.05) is 0 Å². The van der Waals surface area contributed by atoms with Gasteiger partial charge in [0.05, 0.1) is 0 Å². The van der Waals surface area contributed by atoms with Crippen molar-refractivity contribution in [1.29, 1.82) is 0 Å². The van der Waals surface area contributed by atoms with Gasteiger partial charge >= 0.3 is 0 Å². The zero-order chi connectivity index (χ0) is 13.0. The molecule has 2 atom stereocenters. The van der Waals surface area contributed by atoms with E-state index in [9.17, 15) is 4.79 Å². The van der Waals surface area contributed by atoms with Crippen molar-refractivity contribution in [2.45, 2.75) is 51.1 Å². The number of nitrogens with zero attached hydrogens (tertiary/aromatic N) is 1. The zero-order valence-electron chi connectivity index (χ0n) is 10.9. The molecule has 0 saturated heterocycles. The van der Waals surface area contributed by atoms with E-state index in [2.05, 4.69) is 10.3 Å². The minimum atomic E-state index is -0.110. The lowest BCUT2D eigenvalue weighted by Gasteiger charge is -2.22. The fourth-order valence-corrected chi connectivity index (χ4v) is 2.43. The Kier molecular flexibility index (Phi) is 4.31. The lowest BCUT2D eigenvalue weighted by atomic mass is 10.0. The molecule has 0 aliphatic heterocycles. The number of nitrogens with one attached hydrogen (secondary N) is 1. The van der Waals surface area contributed by atoms with Crippen molar-refractivity contribution in [1.82, 2.24) is 10.3 Å². The minimum Gasteiger partial charge on any atom is -0.346 e. The maximum absolute atomic E-state index is 12.1. The summed E-state index contributed by atoms with van der Waals surface area (Å²) in [6.45, 7) is 1.88. The third-order valence-electron chi connectivity index (χ3n) is 3.51. The van der Waals surface area contributed by atoms with Gasteiger partial charge in [-0.05, 0) is 31.9 Å². The number of pyridine rings is 1. The van der Waals surface area contributed by atoms with Crippen molar-refractivity contribution in [3.63, 3.8) is 0 Å². The summed E-state index contributed by atoms with van der Waals surface area (Å²) >= 11 is 0. The Hall–Kier alpha value is -1.42. The highest BCUT2D eigenvalue weighted by Crippen LogP contribution is 2.17. The highest BCUT2D eigenvalue weighted by Gasteiger charge is 2.22. The van der Waals surface area contributed by atoms with Crippen LogP contribution in [0.3, 0.4) is 0 Å².